The number of carbonyl (C=O) groups excluding carboxylic acids is 2. The maximum atomic E-state index is 12.9. The Morgan fingerprint density at radius 2 is 2.00 bits per heavy atom. The molecule has 1 atom stereocenters. The second-order valence-electron chi connectivity index (χ2n) is 6.29. The third kappa shape index (κ3) is 3.76. The summed E-state index contributed by atoms with van der Waals surface area (Å²) in [5.41, 5.74) is 1.08. The number of anilines is 2. The van der Waals surface area contributed by atoms with Crippen LogP contribution in [0.5, 0.6) is 5.75 Å². The highest BCUT2D eigenvalue weighted by molar-refractivity contribution is 6.44. The van der Waals surface area contributed by atoms with Gasteiger partial charge in [0, 0.05) is 5.56 Å². The van der Waals surface area contributed by atoms with Crippen LogP contribution in [0.15, 0.2) is 42.5 Å². The average Bonchev–Trinajstić information content (AvgIpc) is 3.14. The number of benzene rings is 2. The molecule has 29 heavy (non-hydrogen) atoms. The smallest absolute Gasteiger partial charge is 0.249 e. The number of fused-ring (bicyclic) bond motifs is 1. The lowest BCUT2D eigenvalue weighted by Crippen LogP contribution is -2.36. The molecule has 0 spiro atoms. The van der Waals surface area contributed by atoms with Gasteiger partial charge in [-0.3, -0.25) is 14.9 Å². The molecule has 0 radical (unpaired) electrons. The minimum Gasteiger partial charge on any atom is -0.497 e. The molecule has 2 N–H and O–H groups in total. The van der Waals surface area contributed by atoms with Crippen LogP contribution in [0.4, 0.5) is 11.6 Å². The van der Waals surface area contributed by atoms with E-state index < -0.39 is 11.9 Å². The molecule has 1 aromatic heterocycles. The summed E-state index contributed by atoms with van der Waals surface area (Å²) >= 11 is 12.1. The summed E-state index contributed by atoms with van der Waals surface area (Å²) in [5, 5.41) is 10.3. The first-order chi connectivity index (χ1) is 14.0. The van der Waals surface area contributed by atoms with E-state index in [-0.39, 0.29) is 23.3 Å². The van der Waals surface area contributed by atoms with Gasteiger partial charge in [0.25, 0.3) is 0 Å². The van der Waals surface area contributed by atoms with Crippen molar-refractivity contribution in [1.29, 1.82) is 0 Å². The Morgan fingerprint density at radius 3 is 2.72 bits per heavy atom. The van der Waals surface area contributed by atoms with E-state index in [0.29, 0.717) is 22.3 Å². The number of rotatable bonds is 4. The first-order valence-electron chi connectivity index (χ1n) is 8.62. The molecule has 0 fully saturated rings. The molecule has 8 nitrogen and oxygen atoms in total. The molecule has 0 saturated carbocycles. The van der Waals surface area contributed by atoms with Crippen LogP contribution >= 0.6 is 23.2 Å². The number of nitrogens with zero attached hydrogens (tertiary/aromatic N) is 3. The molecule has 1 aliphatic rings. The summed E-state index contributed by atoms with van der Waals surface area (Å²) in [6.45, 7) is 0. The Balaban J connectivity index is 1.64. The lowest BCUT2D eigenvalue weighted by molar-refractivity contribution is -0.125. The quantitative estimate of drug-likeness (QED) is 0.654. The van der Waals surface area contributed by atoms with Gasteiger partial charge in [-0.15, -0.1) is 5.10 Å². The second-order valence-corrected chi connectivity index (χ2v) is 7.08. The van der Waals surface area contributed by atoms with E-state index in [1.807, 2.05) is 0 Å². The standard InChI is InChI=1S/C19H15Cl2N5O3/c1-29-11-7-5-10(6-8-11)17-24-19-23-15(27)9-14(26(19)25-17)18(28)22-13-4-2-3-12(20)16(13)21/h2-8,14H,9H2,1H3,(H,22,28)(H,23,24,25,27)/t14-/m1/s1. The van der Waals surface area contributed by atoms with Crippen LogP contribution in [0, 0.1) is 0 Å². The minimum absolute atomic E-state index is 0.0809. The lowest BCUT2D eigenvalue weighted by Gasteiger charge is -2.22. The largest absolute Gasteiger partial charge is 0.497 e. The van der Waals surface area contributed by atoms with Gasteiger partial charge in [-0.2, -0.15) is 4.98 Å². The zero-order valence-corrected chi connectivity index (χ0v) is 16.7. The van der Waals surface area contributed by atoms with Crippen LogP contribution < -0.4 is 15.4 Å². The van der Waals surface area contributed by atoms with Gasteiger partial charge >= 0.3 is 0 Å². The molecular formula is C19H15Cl2N5O3. The third-order valence-electron chi connectivity index (χ3n) is 4.42. The molecule has 0 saturated heterocycles. The number of nitrogens with one attached hydrogen (secondary N) is 2. The van der Waals surface area contributed by atoms with Crippen molar-refractivity contribution in [2.45, 2.75) is 12.5 Å². The lowest BCUT2D eigenvalue weighted by atomic mass is 10.1. The van der Waals surface area contributed by atoms with Crippen LogP contribution in [0.25, 0.3) is 11.4 Å². The van der Waals surface area contributed by atoms with E-state index in [9.17, 15) is 9.59 Å². The highest BCUT2D eigenvalue weighted by atomic mass is 35.5. The number of halogens is 2. The van der Waals surface area contributed by atoms with Gasteiger partial charge < -0.3 is 10.1 Å². The van der Waals surface area contributed by atoms with Gasteiger partial charge in [-0.05, 0) is 36.4 Å². The van der Waals surface area contributed by atoms with E-state index in [2.05, 4.69) is 20.7 Å². The monoisotopic (exact) mass is 431 g/mol. The topological polar surface area (TPSA) is 98.1 Å². The average molecular weight is 432 g/mol. The molecule has 0 unspecified atom stereocenters. The molecular weight excluding hydrogens is 417 g/mol. The van der Waals surface area contributed by atoms with E-state index in [1.54, 1.807) is 49.6 Å². The summed E-state index contributed by atoms with van der Waals surface area (Å²) in [5.74, 6) is 0.495. The number of amides is 2. The number of hydrogen-bond acceptors (Lipinski definition) is 5. The van der Waals surface area contributed by atoms with Crippen LogP contribution in [-0.2, 0) is 9.59 Å². The molecule has 148 valence electrons. The van der Waals surface area contributed by atoms with Gasteiger partial charge in [-0.1, -0.05) is 29.3 Å². The molecule has 2 amide bonds. The highest BCUT2D eigenvalue weighted by Crippen LogP contribution is 2.32. The molecule has 0 bridgehead atoms. The van der Waals surface area contributed by atoms with Gasteiger partial charge in [0.2, 0.25) is 17.8 Å². The normalized spacial score (nSPS) is 15.4. The van der Waals surface area contributed by atoms with E-state index in [1.165, 1.54) is 4.68 Å². The Morgan fingerprint density at radius 1 is 1.24 bits per heavy atom. The highest BCUT2D eigenvalue weighted by Gasteiger charge is 2.33. The molecule has 2 aromatic carbocycles. The van der Waals surface area contributed by atoms with Crippen molar-refractivity contribution in [3.8, 4) is 17.1 Å². The zero-order valence-electron chi connectivity index (χ0n) is 15.1. The molecule has 1 aliphatic heterocycles. The Hall–Kier alpha value is -3.10. The van der Waals surface area contributed by atoms with Crippen LogP contribution in [0.1, 0.15) is 12.5 Å². The first kappa shape index (κ1) is 19.2. The molecule has 10 heteroatoms. The first-order valence-corrected chi connectivity index (χ1v) is 9.37. The Bertz CT molecular complexity index is 1100. The number of aromatic nitrogens is 3. The van der Waals surface area contributed by atoms with Crippen molar-refractivity contribution < 1.29 is 14.3 Å². The van der Waals surface area contributed by atoms with Crippen molar-refractivity contribution in [3.05, 3.63) is 52.5 Å². The van der Waals surface area contributed by atoms with Gasteiger partial charge in [-0.25, -0.2) is 4.68 Å². The summed E-state index contributed by atoms with van der Waals surface area (Å²) in [6, 6.07) is 11.2. The van der Waals surface area contributed by atoms with Crippen molar-refractivity contribution in [2.24, 2.45) is 0 Å². The third-order valence-corrected chi connectivity index (χ3v) is 5.24. The number of methoxy groups -OCH3 is 1. The SMILES string of the molecule is COc1ccc(-c2nc3n(n2)[C@@H](C(=O)Nc2cccc(Cl)c2Cl)CC(=O)N3)cc1. The van der Waals surface area contributed by atoms with Gasteiger partial charge in [0.15, 0.2) is 5.82 Å². The van der Waals surface area contributed by atoms with E-state index in [0.717, 1.165) is 5.56 Å². The van der Waals surface area contributed by atoms with Crippen molar-refractivity contribution in [1.82, 2.24) is 14.8 Å². The second kappa shape index (κ2) is 7.73. The Labute approximate surface area is 175 Å². The number of carbonyl (C=O) groups is 2. The zero-order chi connectivity index (χ0) is 20.5. The summed E-state index contributed by atoms with van der Waals surface area (Å²) in [7, 11) is 1.58. The summed E-state index contributed by atoms with van der Waals surface area (Å²) in [6.07, 6.45) is -0.0809. The van der Waals surface area contributed by atoms with Crippen molar-refractivity contribution >= 4 is 46.7 Å². The number of ether oxygens (including phenoxy) is 1. The van der Waals surface area contributed by atoms with E-state index in [4.69, 9.17) is 27.9 Å². The van der Waals surface area contributed by atoms with Crippen molar-refractivity contribution in [3.63, 3.8) is 0 Å². The fraction of sp³-hybridized carbons (Fsp3) is 0.158. The predicted octanol–water partition coefficient (Wildman–Crippen LogP) is 3.78. The van der Waals surface area contributed by atoms with Crippen LogP contribution in [0.2, 0.25) is 10.0 Å². The molecule has 0 aliphatic carbocycles. The fourth-order valence-electron chi connectivity index (χ4n) is 2.95. The summed E-state index contributed by atoms with van der Waals surface area (Å²) < 4.78 is 6.54. The molecule has 3 aromatic rings. The van der Waals surface area contributed by atoms with Gasteiger partial charge in [0.05, 0.1) is 29.3 Å². The molecule has 4 rings (SSSR count). The Kier molecular flexibility index (Phi) is 5.12. The van der Waals surface area contributed by atoms with Crippen LogP contribution in [-0.4, -0.2) is 33.7 Å². The summed E-state index contributed by atoms with van der Waals surface area (Å²) in [4.78, 5) is 29.3. The fourth-order valence-corrected chi connectivity index (χ4v) is 3.29. The molecule has 2 heterocycles. The van der Waals surface area contributed by atoms with Crippen molar-refractivity contribution in [2.75, 3.05) is 17.7 Å². The minimum atomic E-state index is -0.881. The van der Waals surface area contributed by atoms with E-state index >= 15 is 0 Å². The maximum Gasteiger partial charge on any atom is 0.249 e. The van der Waals surface area contributed by atoms with Gasteiger partial charge in [0.1, 0.15) is 11.8 Å². The predicted molar refractivity (Wildman–Crippen MR) is 109 cm³/mol. The maximum absolute atomic E-state index is 12.9. The van der Waals surface area contributed by atoms with Crippen LogP contribution in [0.3, 0.4) is 0 Å². The number of hydrogen-bond donors (Lipinski definition) is 2.